The highest BCUT2D eigenvalue weighted by Crippen LogP contribution is 2.46. The van der Waals surface area contributed by atoms with Crippen molar-refractivity contribution in [2.24, 2.45) is 5.92 Å². The van der Waals surface area contributed by atoms with E-state index in [1.165, 1.54) is 11.3 Å². The molecule has 5 heteroatoms. The van der Waals surface area contributed by atoms with E-state index >= 15 is 0 Å². The molecular weight excluding hydrogens is 332 g/mol. The summed E-state index contributed by atoms with van der Waals surface area (Å²) in [5, 5.41) is 3.50. The third kappa shape index (κ3) is 2.66. The van der Waals surface area contributed by atoms with Gasteiger partial charge >= 0.3 is 0 Å². The number of hydrogen-bond acceptors (Lipinski definition) is 4. The zero-order chi connectivity index (χ0) is 17.6. The van der Waals surface area contributed by atoms with Crippen molar-refractivity contribution in [3.63, 3.8) is 0 Å². The molecule has 4 rings (SSSR count). The van der Waals surface area contributed by atoms with Crippen LogP contribution < -0.4 is 10.2 Å². The van der Waals surface area contributed by atoms with E-state index in [0.29, 0.717) is 27.7 Å². The minimum absolute atomic E-state index is 0.355. The maximum atomic E-state index is 13.0. The van der Waals surface area contributed by atoms with Crippen molar-refractivity contribution in [1.82, 2.24) is 5.32 Å². The Bertz CT molecular complexity index is 880. The molecule has 0 amide bonds. The molecule has 0 saturated carbocycles. The first-order chi connectivity index (χ1) is 12.0. The van der Waals surface area contributed by atoms with E-state index < -0.39 is 9.84 Å². The summed E-state index contributed by atoms with van der Waals surface area (Å²) < 4.78 is 26.0. The van der Waals surface area contributed by atoms with Crippen LogP contribution in [0.5, 0.6) is 0 Å². The highest BCUT2D eigenvalue weighted by Gasteiger charge is 2.41. The van der Waals surface area contributed by atoms with Crippen LogP contribution in [0.1, 0.15) is 24.8 Å². The quantitative estimate of drug-likeness (QED) is 0.898. The molecule has 1 N–H and O–H groups in total. The number of likely N-dealkylation sites (N-methyl/N-ethyl adjacent to an activating group) is 1. The molecule has 132 valence electrons. The second kappa shape index (κ2) is 6.15. The van der Waals surface area contributed by atoms with Gasteiger partial charge < -0.3 is 10.2 Å². The average molecular weight is 356 g/mol. The molecule has 0 bridgehead atoms. The van der Waals surface area contributed by atoms with Gasteiger partial charge in [0.25, 0.3) is 0 Å². The molecule has 2 aromatic rings. The van der Waals surface area contributed by atoms with Crippen molar-refractivity contribution < 1.29 is 8.42 Å². The van der Waals surface area contributed by atoms with Gasteiger partial charge in [0, 0.05) is 24.7 Å². The first-order valence-electron chi connectivity index (χ1n) is 8.88. The van der Waals surface area contributed by atoms with Crippen LogP contribution in [0.2, 0.25) is 0 Å². The zero-order valence-corrected chi connectivity index (χ0v) is 15.5. The predicted molar refractivity (Wildman–Crippen MR) is 99.9 cm³/mol. The zero-order valence-electron chi connectivity index (χ0n) is 14.6. The lowest BCUT2D eigenvalue weighted by atomic mass is 9.84. The first kappa shape index (κ1) is 16.6. The van der Waals surface area contributed by atoms with Gasteiger partial charge in [-0.05, 0) is 61.3 Å². The molecule has 0 spiro atoms. The lowest BCUT2D eigenvalue weighted by molar-refractivity contribution is 0.424. The first-order valence-corrected chi connectivity index (χ1v) is 10.4. The van der Waals surface area contributed by atoms with Crippen LogP contribution in [-0.4, -0.2) is 34.6 Å². The molecule has 4 nitrogen and oxygen atoms in total. The van der Waals surface area contributed by atoms with Crippen LogP contribution in [0.3, 0.4) is 0 Å². The van der Waals surface area contributed by atoms with Gasteiger partial charge in [-0.3, -0.25) is 0 Å². The summed E-state index contributed by atoms with van der Waals surface area (Å²) in [7, 11) is -1.34. The normalized spacial score (nSPS) is 26.0. The lowest BCUT2D eigenvalue weighted by Crippen LogP contribution is -2.32. The molecule has 2 aliphatic heterocycles. The van der Waals surface area contributed by atoms with Gasteiger partial charge in [0.15, 0.2) is 0 Å². The van der Waals surface area contributed by atoms with E-state index in [1.807, 2.05) is 18.2 Å². The van der Waals surface area contributed by atoms with Crippen molar-refractivity contribution in [1.29, 1.82) is 0 Å². The summed E-state index contributed by atoms with van der Waals surface area (Å²) >= 11 is 0. The Morgan fingerprint density at radius 2 is 1.84 bits per heavy atom. The summed E-state index contributed by atoms with van der Waals surface area (Å²) in [5.74, 6) is 0.854. The molecule has 2 aromatic carbocycles. The van der Waals surface area contributed by atoms with Gasteiger partial charge in [-0.15, -0.1) is 0 Å². The van der Waals surface area contributed by atoms with Gasteiger partial charge in [0.05, 0.1) is 9.79 Å². The van der Waals surface area contributed by atoms with Crippen LogP contribution in [0, 0.1) is 5.92 Å². The Labute approximate surface area is 149 Å². The van der Waals surface area contributed by atoms with E-state index in [1.54, 1.807) is 30.3 Å². The number of benzene rings is 2. The molecule has 2 aliphatic rings. The summed E-state index contributed by atoms with van der Waals surface area (Å²) in [5.41, 5.74) is 2.36. The van der Waals surface area contributed by atoms with Crippen molar-refractivity contribution in [3.05, 3.63) is 54.1 Å². The maximum absolute atomic E-state index is 13.0. The summed E-state index contributed by atoms with van der Waals surface area (Å²) in [4.78, 5) is 3.09. The monoisotopic (exact) mass is 356 g/mol. The summed E-state index contributed by atoms with van der Waals surface area (Å²) in [6.07, 6.45) is 1.08. The number of nitrogens with zero attached hydrogens (tertiary/aromatic N) is 1. The lowest BCUT2D eigenvalue weighted by Gasteiger charge is -2.27. The molecule has 2 heterocycles. The Kier molecular flexibility index (Phi) is 4.08. The number of anilines is 1. The van der Waals surface area contributed by atoms with Crippen LogP contribution in [0.4, 0.5) is 5.69 Å². The second-order valence-corrected chi connectivity index (χ2v) is 9.16. The molecule has 25 heavy (non-hydrogen) atoms. The van der Waals surface area contributed by atoms with Gasteiger partial charge in [-0.25, -0.2) is 8.42 Å². The van der Waals surface area contributed by atoms with Crippen LogP contribution in [0.15, 0.2) is 58.3 Å². The Hall–Kier alpha value is -1.85. The van der Waals surface area contributed by atoms with E-state index in [0.717, 1.165) is 19.5 Å². The Morgan fingerprint density at radius 1 is 1.08 bits per heavy atom. The number of rotatable bonds is 2. The average Bonchev–Trinajstić information content (AvgIpc) is 2.77. The minimum atomic E-state index is -3.48. The van der Waals surface area contributed by atoms with Crippen LogP contribution >= 0.6 is 0 Å². The second-order valence-electron chi connectivity index (χ2n) is 7.21. The highest BCUT2D eigenvalue weighted by molar-refractivity contribution is 7.91. The van der Waals surface area contributed by atoms with E-state index in [2.05, 4.69) is 24.2 Å². The molecule has 3 atom stereocenters. The number of nitrogens with one attached hydrogen (secondary N) is 1. The predicted octanol–water partition coefficient (Wildman–Crippen LogP) is 3.05. The molecular formula is C20H24N2O2S. The Balaban J connectivity index is 1.81. The minimum Gasteiger partial charge on any atom is -0.371 e. The van der Waals surface area contributed by atoms with Crippen molar-refractivity contribution in [2.75, 3.05) is 25.0 Å². The maximum Gasteiger partial charge on any atom is 0.206 e. The van der Waals surface area contributed by atoms with Gasteiger partial charge in [-0.1, -0.05) is 25.1 Å². The fraction of sp³-hybridized carbons (Fsp3) is 0.400. The molecule has 1 saturated heterocycles. The molecule has 0 aromatic heterocycles. The SMILES string of the molecule is CC1CNCCC2[C@H]1c1cc(S(=O)(=O)c3ccccc3)ccc1N2C. The summed E-state index contributed by atoms with van der Waals surface area (Å²) in [6.45, 7) is 4.25. The van der Waals surface area contributed by atoms with Crippen LogP contribution in [0.25, 0.3) is 0 Å². The third-order valence-electron chi connectivity index (χ3n) is 5.71. The van der Waals surface area contributed by atoms with E-state index in [-0.39, 0.29) is 0 Å². The largest absolute Gasteiger partial charge is 0.371 e. The number of fused-ring (bicyclic) bond motifs is 3. The standard InChI is InChI=1S/C20H24N2O2S/c1-14-13-21-11-10-19-20(14)17-12-16(8-9-18(17)22(19)2)25(23,24)15-6-4-3-5-7-15/h3-9,12,14,19-21H,10-11,13H2,1-2H3/t14?,19?,20-/m1/s1. The topological polar surface area (TPSA) is 49.4 Å². The number of sulfone groups is 1. The third-order valence-corrected chi connectivity index (χ3v) is 7.48. The summed E-state index contributed by atoms with van der Waals surface area (Å²) in [6, 6.07) is 14.8. The fourth-order valence-electron chi connectivity index (χ4n) is 4.42. The van der Waals surface area contributed by atoms with Gasteiger partial charge in [-0.2, -0.15) is 0 Å². The van der Waals surface area contributed by atoms with Crippen molar-refractivity contribution in [3.8, 4) is 0 Å². The molecule has 0 radical (unpaired) electrons. The molecule has 2 unspecified atom stereocenters. The van der Waals surface area contributed by atoms with Crippen LogP contribution in [-0.2, 0) is 9.84 Å². The molecule has 0 aliphatic carbocycles. The Morgan fingerprint density at radius 3 is 2.60 bits per heavy atom. The van der Waals surface area contributed by atoms with E-state index in [9.17, 15) is 8.42 Å². The number of hydrogen-bond donors (Lipinski definition) is 1. The molecule has 1 fully saturated rings. The fourth-order valence-corrected chi connectivity index (χ4v) is 5.73. The van der Waals surface area contributed by atoms with Crippen molar-refractivity contribution >= 4 is 15.5 Å². The van der Waals surface area contributed by atoms with Crippen molar-refractivity contribution in [2.45, 2.75) is 35.1 Å². The van der Waals surface area contributed by atoms with Gasteiger partial charge in [0.2, 0.25) is 9.84 Å². The van der Waals surface area contributed by atoms with Gasteiger partial charge in [0.1, 0.15) is 0 Å². The van der Waals surface area contributed by atoms with E-state index in [4.69, 9.17) is 0 Å². The highest BCUT2D eigenvalue weighted by atomic mass is 32.2. The smallest absolute Gasteiger partial charge is 0.206 e.